The van der Waals surface area contributed by atoms with E-state index in [-0.39, 0.29) is 29.0 Å². The Kier molecular flexibility index (Phi) is 8.46. The molecule has 0 atom stereocenters. The minimum absolute atomic E-state index is 0.0419. The Morgan fingerprint density at radius 3 is 2.63 bits per heavy atom. The third-order valence-electron chi connectivity index (χ3n) is 5.63. The molecular weight excluding hydrogens is 486 g/mol. The maximum absolute atomic E-state index is 12.8. The number of carbonyl (C=O) groups excluding carboxylic acids is 2. The van der Waals surface area contributed by atoms with E-state index in [0.717, 1.165) is 10.6 Å². The predicted octanol–water partition coefficient (Wildman–Crippen LogP) is 3.78. The van der Waals surface area contributed by atoms with E-state index in [1.54, 1.807) is 24.0 Å². The van der Waals surface area contributed by atoms with Gasteiger partial charge in [0.25, 0.3) is 5.91 Å². The molecular formula is C25H34ClN5O3S. The highest BCUT2D eigenvalue weighted by molar-refractivity contribution is 7.13. The van der Waals surface area contributed by atoms with Gasteiger partial charge in [-0.25, -0.2) is 4.98 Å². The average Bonchev–Trinajstić information content (AvgIpc) is 3.08. The molecule has 0 spiro atoms. The summed E-state index contributed by atoms with van der Waals surface area (Å²) < 4.78 is 0. The maximum atomic E-state index is 12.8. The van der Waals surface area contributed by atoms with Crippen molar-refractivity contribution < 1.29 is 14.7 Å². The predicted molar refractivity (Wildman–Crippen MR) is 142 cm³/mol. The number of aromatic hydroxyl groups is 1. The Bertz CT molecular complexity index is 1120. The first-order valence-corrected chi connectivity index (χ1v) is 12.7. The number of aromatic nitrogens is 1. The van der Waals surface area contributed by atoms with Crippen LogP contribution in [-0.2, 0) is 16.8 Å². The van der Waals surface area contributed by atoms with Crippen LogP contribution >= 0.6 is 22.9 Å². The van der Waals surface area contributed by atoms with E-state index in [9.17, 15) is 14.7 Å². The minimum Gasteiger partial charge on any atom is -0.506 e. The lowest BCUT2D eigenvalue weighted by atomic mass is 9.86. The minimum atomic E-state index is -0.184. The molecule has 8 nitrogen and oxygen atoms in total. The fourth-order valence-corrected chi connectivity index (χ4v) is 5.01. The average molecular weight is 520 g/mol. The summed E-state index contributed by atoms with van der Waals surface area (Å²) in [6.45, 7) is 10.0. The zero-order chi connectivity index (χ0) is 25.9. The number of phenols is 1. The fourth-order valence-electron chi connectivity index (χ4n) is 3.66. The maximum Gasteiger partial charge on any atom is 0.263 e. The van der Waals surface area contributed by atoms with Crippen LogP contribution in [0.3, 0.4) is 0 Å². The molecule has 1 aliphatic rings. The number of amides is 2. The van der Waals surface area contributed by atoms with Gasteiger partial charge in [-0.05, 0) is 38.1 Å². The van der Waals surface area contributed by atoms with Gasteiger partial charge in [-0.2, -0.15) is 0 Å². The van der Waals surface area contributed by atoms with Gasteiger partial charge >= 0.3 is 0 Å². The van der Waals surface area contributed by atoms with Crippen LogP contribution in [0.15, 0.2) is 24.3 Å². The van der Waals surface area contributed by atoms with Gasteiger partial charge in [0.1, 0.15) is 15.6 Å². The number of thiazole rings is 1. The largest absolute Gasteiger partial charge is 0.506 e. The number of rotatable bonds is 8. The molecule has 1 fully saturated rings. The van der Waals surface area contributed by atoms with Gasteiger partial charge in [-0.1, -0.05) is 38.4 Å². The summed E-state index contributed by atoms with van der Waals surface area (Å²) in [5.41, 5.74) is 1.97. The van der Waals surface area contributed by atoms with Crippen LogP contribution in [0.25, 0.3) is 0 Å². The summed E-state index contributed by atoms with van der Waals surface area (Å²) in [7, 11) is 3.88. The summed E-state index contributed by atoms with van der Waals surface area (Å²) in [5.74, 6) is -0.162. The van der Waals surface area contributed by atoms with E-state index in [4.69, 9.17) is 11.6 Å². The Hall–Kier alpha value is -2.62. The van der Waals surface area contributed by atoms with Crippen LogP contribution in [0, 0.1) is 6.92 Å². The zero-order valence-corrected chi connectivity index (χ0v) is 22.7. The highest BCUT2D eigenvalue weighted by Crippen LogP contribution is 2.37. The molecule has 0 bridgehead atoms. The number of benzene rings is 1. The lowest BCUT2D eigenvalue weighted by Gasteiger charge is -2.38. The van der Waals surface area contributed by atoms with Gasteiger partial charge in [-0.3, -0.25) is 9.59 Å². The number of phenolic OH excluding ortho intramolecular Hbond substituents is 1. The molecule has 190 valence electrons. The smallest absolute Gasteiger partial charge is 0.263 e. The van der Waals surface area contributed by atoms with Crippen molar-refractivity contribution in [3.8, 4) is 5.75 Å². The molecule has 1 aromatic heterocycles. The third-order valence-corrected chi connectivity index (χ3v) is 7.10. The molecule has 35 heavy (non-hydrogen) atoms. The Morgan fingerprint density at radius 2 is 2.00 bits per heavy atom. The van der Waals surface area contributed by atoms with Gasteiger partial charge in [0.15, 0.2) is 0 Å². The van der Waals surface area contributed by atoms with Crippen molar-refractivity contribution in [3.63, 3.8) is 0 Å². The summed E-state index contributed by atoms with van der Waals surface area (Å²) in [5, 5.41) is 17.8. The van der Waals surface area contributed by atoms with Crippen LogP contribution in [0.2, 0.25) is 5.02 Å². The lowest BCUT2D eigenvalue weighted by molar-refractivity contribution is -0.130. The normalized spacial score (nSPS) is 14.5. The molecule has 0 aliphatic carbocycles. The number of hydrogen-bond donors (Lipinski definition) is 3. The van der Waals surface area contributed by atoms with E-state index < -0.39 is 0 Å². The number of halogens is 1. The van der Waals surface area contributed by atoms with Crippen LogP contribution in [0.4, 0.5) is 5.69 Å². The van der Waals surface area contributed by atoms with E-state index in [2.05, 4.69) is 36.4 Å². The second kappa shape index (κ2) is 11.0. The molecule has 1 aromatic carbocycles. The highest BCUT2D eigenvalue weighted by Gasteiger charge is 2.31. The number of likely N-dealkylation sites (tertiary alicyclic amines) is 1. The number of nitrogens with one attached hydrogen (secondary N) is 2. The molecule has 1 saturated heterocycles. The molecule has 2 aromatic rings. The molecule has 2 amide bonds. The number of anilines is 1. The number of aryl methyl sites for hydroxylation is 1. The van der Waals surface area contributed by atoms with Crippen molar-refractivity contribution in [1.82, 2.24) is 20.1 Å². The summed E-state index contributed by atoms with van der Waals surface area (Å²) in [6.07, 6.45) is 3.41. The highest BCUT2D eigenvalue weighted by atomic mass is 35.5. The summed E-state index contributed by atoms with van der Waals surface area (Å²) >= 11 is 7.62. The van der Waals surface area contributed by atoms with Crippen molar-refractivity contribution in [3.05, 3.63) is 50.4 Å². The van der Waals surface area contributed by atoms with Crippen molar-refractivity contribution in [2.75, 3.05) is 39.0 Å². The SMILES string of the molecule is Cc1nc(CNc2cc(C(C)(C)C)c(Cl)cc2O)sc1C(=O)NC1CN(C(=O)/C=C/CN(C)C)C1. The van der Waals surface area contributed by atoms with Gasteiger partial charge in [-0.15, -0.1) is 11.3 Å². The molecule has 1 aliphatic heterocycles. The molecule has 0 saturated carbocycles. The van der Waals surface area contributed by atoms with Crippen LogP contribution < -0.4 is 10.6 Å². The molecule has 0 radical (unpaired) electrons. The zero-order valence-electron chi connectivity index (χ0n) is 21.1. The second-order valence-electron chi connectivity index (χ2n) is 10.1. The number of nitrogens with zero attached hydrogens (tertiary/aromatic N) is 3. The molecule has 2 heterocycles. The second-order valence-corrected chi connectivity index (χ2v) is 11.5. The monoisotopic (exact) mass is 519 g/mol. The standard InChI is InChI=1S/C25H34ClN5O3S/c1-15-23(24(34)29-16-13-31(14-16)22(33)8-7-9-30(5)6)35-21(28-15)12-27-19-10-17(25(2,3)4)18(26)11-20(19)32/h7-8,10-11,16,27,32H,9,12-14H2,1-6H3,(H,29,34)/b8-7+. The van der Waals surface area contributed by atoms with Crippen molar-refractivity contribution in [2.24, 2.45) is 0 Å². The lowest BCUT2D eigenvalue weighted by Crippen LogP contribution is -2.60. The van der Waals surface area contributed by atoms with Gasteiger partial charge in [0.05, 0.1) is 24.0 Å². The Morgan fingerprint density at radius 1 is 1.31 bits per heavy atom. The van der Waals surface area contributed by atoms with E-state index in [1.165, 1.54) is 11.3 Å². The number of hydrogen-bond acceptors (Lipinski definition) is 7. The van der Waals surface area contributed by atoms with E-state index >= 15 is 0 Å². The first-order chi connectivity index (χ1) is 16.3. The van der Waals surface area contributed by atoms with Crippen molar-refractivity contribution >= 4 is 40.4 Å². The Balaban J connectivity index is 1.55. The molecule has 3 rings (SSSR count). The van der Waals surface area contributed by atoms with Gasteiger partial charge < -0.3 is 25.5 Å². The third kappa shape index (κ3) is 6.96. The first-order valence-electron chi connectivity index (χ1n) is 11.5. The van der Waals surface area contributed by atoms with Gasteiger partial charge in [0.2, 0.25) is 5.91 Å². The molecule has 10 heteroatoms. The van der Waals surface area contributed by atoms with Crippen molar-refractivity contribution in [2.45, 2.75) is 45.7 Å². The summed E-state index contributed by atoms with van der Waals surface area (Å²) in [4.78, 5) is 33.7. The quantitative estimate of drug-likeness (QED) is 0.363. The molecule has 0 unspecified atom stereocenters. The molecule has 3 N–H and O–H groups in total. The fraction of sp³-hybridized carbons (Fsp3) is 0.480. The van der Waals surface area contributed by atoms with Crippen LogP contribution in [0.1, 0.15) is 46.7 Å². The summed E-state index contributed by atoms with van der Waals surface area (Å²) in [6, 6.07) is 3.32. The number of likely N-dealkylation sites (N-methyl/N-ethyl adjacent to an activating group) is 1. The first kappa shape index (κ1) is 27.0. The van der Waals surface area contributed by atoms with E-state index in [1.807, 2.05) is 31.1 Å². The van der Waals surface area contributed by atoms with Crippen molar-refractivity contribution in [1.29, 1.82) is 0 Å². The Labute approximate surface area is 216 Å². The van der Waals surface area contributed by atoms with E-state index in [0.29, 0.717) is 47.5 Å². The van der Waals surface area contributed by atoms with Crippen LogP contribution in [0.5, 0.6) is 5.75 Å². The topological polar surface area (TPSA) is 97.8 Å². The van der Waals surface area contributed by atoms with Gasteiger partial charge in [0, 0.05) is 36.8 Å². The van der Waals surface area contributed by atoms with Crippen LogP contribution in [-0.4, -0.2) is 71.5 Å². The number of carbonyl (C=O) groups is 2.